The summed E-state index contributed by atoms with van der Waals surface area (Å²) in [6, 6.07) is 27.0. The number of para-hydroxylation sites is 2. The highest BCUT2D eigenvalue weighted by atomic mass is 32.1. The highest BCUT2D eigenvalue weighted by molar-refractivity contribution is 7.07. The van der Waals surface area contributed by atoms with Gasteiger partial charge in [-0.25, -0.2) is 4.39 Å². The first-order chi connectivity index (χ1) is 19.6. The predicted molar refractivity (Wildman–Crippen MR) is 152 cm³/mol. The number of nitrogens with zero attached hydrogens (tertiary/aromatic N) is 6. The van der Waals surface area contributed by atoms with E-state index in [2.05, 4.69) is 21.2 Å². The van der Waals surface area contributed by atoms with E-state index in [0.717, 1.165) is 5.69 Å². The molecule has 2 aromatic heterocycles. The third kappa shape index (κ3) is 4.84. The lowest BCUT2D eigenvalue weighted by molar-refractivity contribution is 0.122. The fourth-order valence-electron chi connectivity index (χ4n) is 4.59. The zero-order chi connectivity index (χ0) is 27.5. The van der Waals surface area contributed by atoms with Gasteiger partial charge in [-0.3, -0.25) is 13.9 Å². The molecule has 10 heteroatoms. The van der Waals surface area contributed by atoms with Gasteiger partial charge in [-0.1, -0.05) is 48.5 Å². The Balaban J connectivity index is 1.66. The molecule has 1 aliphatic heterocycles. The van der Waals surface area contributed by atoms with Gasteiger partial charge in [0.05, 0.1) is 29.1 Å². The molecule has 5 aromatic rings. The van der Waals surface area contributed by atoms with E-state index < -0.39 is 0 Å². The van der Waals surface area contributed by atoms with Gasteiger partial charge in [0.25, 0.3) is 5.56 Å². The van der Waals surface area contributed by atoms with Gasteiger partial charge in [0.1, 0.15) is 22.1 Å². The third-order valence-electron chi connectivity index (χ3n) is 6.51. The summed E-state index contributed by atoms with van der Waals surface area (Å²) >= 11 is 1.18. The van der Waals surface area contributed by atoms with Crippen LogP contribution in [0.5, 0.6) is 0 Å². The van der Waals surface area contributed by atoms with Crippen molar-refractivity contribution in [2.24, 2.45) is 0 Å². The molecule has 0 unspecified atom stereocenters. The molecule has 0 aliphatic carbocycles. The molecule has 1 saturated heterocycles. The molecule has 40 heavy (non-hydrogen) atoms. The molecule has 3 aromatic carbocycles. The molecule has 0 spiro atoms. The van der Waals surface area contributed by atoms with E-state index in [9.17, 15) is 14.4 Å². The first-order valence-electron chi connectivity index (χ1n) is 12.7. The highest BCUT2D eigenvalue weighted by Gasteiger charge is 2.25. The molecule has 198 valence electrons. The largest absolute Gasteiger partial charge is 0.378 e. The van der Waals surface area contributed by atoms with Gasteiger partial charge in [0.2, 0.25) is 5.95 Å². The van der Waals surface area contributed by atoms with Crippen molar-refractivity contribution in [3.63, 3.8) is 0 Å². The Kier molecular flexibility index (Phi) is 7.06. The number of anilines is 1. The number of thiazole rings is 1. The van der Waals surface area contributed by atoms with Crippen LogP contribution in [0.2, 0.25) is 0 Å². The SMILES string of the molecule is N#C/C(c1nnc(N2CCOCC2)n1-c1ccccc1)=c1/s/c(=C\c2ccc(F)cc2)c(=O)n1-c1ccccc1. The van der Waals surface area contributed by atoms with E-state index in [4.69, 9.17) is 4.74 Å². The Bertz CT molecular complexity index is 1870. The quantitative estimate of drug-likeness (QED) is 0.334. The normalized spacial score (nSPS) is 14.7. The van der Waals surface area contributed by atoms with Gasteiger partial charge in [-0.05, 0) is 48.0 Å². The number of nitriles is 1. The van der Waals surface area contributed by atoms with E-state index in [-0.39, 0.29) is 16.9 Å². The third-order valence-corrected chi connectivity index (χ3v) is 7.60. The van der Waals surface area contributed by atoms with E-state index >= 15 is 0 Å². The fraction of sp³-hybridized carbons (Fsp3) is 0.133. The predicted octanol–water partition coefficient (Wildman–Crippen LogP) is 3.01. The average Bonchev–Trinajstić information content (AvgIpc) is 3.58. The number of ether oxygens (including phenoxy) is 1. The lowest BCUT2D eigenvalue weighted by Gasteiger charge is -2.28. The Morgan fingerprint density at radius 2 is 1.52 bits per heavy atom. The molecule has 3 heterocycles. The van der Waals surface area contributed by atoms with Crippen LogP contribution in [0.15, 0.2) is 89.7 Å². The van der Waals surface area contributed by atoms with Crippen molar-refractivity contribution >= 4 is 28.9 Å². The number of benzene rings is 3. The van der Waals surface area contributed by atoms with E-state index in [1.54, 1.807) is 18.2 Å². The standard InChI is InChI=1S/C30H23FN6O2S/c31-22-13-11-21(12-14-22)19-26-28(38)37(24-9-5-2-6-10-24)29(40-26)25(20-32)27-33-34-30(35-15-17-39-18-16-35)36(27)23-7-3-1-4-8-23/h1-14,19H,15-18H2/b26-19-,29-25-. The molecular formula is C30H23FN6O2S. The van der Waals surface area contributed by atoms with Crippen LogP contribution in [-0.4, -0.2) is 45.6 Å². The zero-order valence-corrected chi connectivity index (χ0v) is 22.1. The highest BCUT2D eigenvalue weighted by Crippen LogP contribution is 2.24. The summed E-state index contributed by atoms with van der Waals surface area (Å²) in [4.78, 5) is 15.9. The molecule has 0 amide bonds. The molecular weight excluding hydrogens is 527 g/mol. The first kappa shape index (κ1) is 25.4. The van der Waals surface area contributed by atoms with E-state index in [1.165, 1.54) is 28.0 Å². The summed E-state index contributed by atoms with van der Waals surface area (Å²) in [5, 5.41) is 19.5. The molecule has 0 saturated carbocycles. The summed E-state index contributed by atoms with van der Waals surface area (Å²) in [5.74, 6) is 0.567. The second kappa shape index (κ2) is 11.1. The second-order valence-electron chi connectivity index (χ2n) is 9.02. The van der Waals surface area contributed by atoms with Crippen molar-refractivity contribution in [1.29, 1.82) is 5.26 Å². The van der Waals surface area contributed by atoms with Gasteiger partial charge in [-0.2, -0.15) is 5.26 Å². The Hall–Kier alpha value is -4.85. The molecule has 0 atom stereocenters. The fourth-order valence-corrected chi connectivity index (χ4v) is 5.69. The minimum atomic E-state index is -0.359. The van der Waals surface area contributed by atoms with Gasteiger partial charge in [-0.15, -0.1) is 21.5 Å². The van der Waals surface area contributed by atoms with Crippen molar-refractivity contribution in [3.05, 3.63) is 122 Å². The maximum Gasteiger partial charge on any atom is 0.273 e. The van der Waals surface area contributed by atoms with E-state index in [0.29, 0.717) is 58.5 Å². The van der Waals surface area contributed by atoms with Crippen molar-refractivity contribution in [2.75, 3.05) is 31.2 Å². The van der Waals surface area contributed by atoms with Crippen LogP contribution in [0.4, 0.5) is 10.3 Å². The van der Waals surface area contributed by atoms with Gasteiger partial charge in [0, 0.05) is 13.1 Å². The van der Waals surface area contributed by atoms with Crippen LogP contribution < -0.4 is 19.7 Å². The minimum absolute atomic E-state index is 0.209. The van der Waals surface area contributed by atoms with Gasteiger partial charge < -0.3 is 9.64 Å². The lowest BCUT2D eigenvalue weighted by Crippen LogP contribution is -2.38. The second-order valence-corrected chi connectivity index (χ2v) is 10.1. The van der Waals surface area contributed by atoms with Crippen molar-refractivity contribution in [2.45, 2.75) is 0 Å². The minimum Gasteiger partial charge on any atom is -0.378 e. The number of morpholine rings is 1. The summed E-state index contributed by atoms with van der Waals surface area (Å²) in [6.45, 7) is 2.40. The Labute approximate surface area is 232 Å². The zero-order valence-electron chi connectivity index (χ0n) is 21.3. The summed E-state index contributed by atoms with van der Waals surface area (Å²) in [6.07, 6.45) is 1.70. The monoisotopic (exact) mass is 550 g/mol. The number of aromatic nitrogens is 4. The maximum absolute atomic E-state index is 13.8. The Morgan fingerprint density at radius 3 is 2.15 bits per heavy atom. The molecule has 0 bridgehead atoms. The Morgan fingerprint density at radius 1 is 0.900 bits per heavy atom. The van der Waals surface area contributed by atoms with Crippen molar-refractivity contribution in [1.82, 2.24) is 19.3 Å². The number of hydrogen-bond donors (Lipinski definition) is 0. The number of hydrogen-bond acceptors (Lipinski definition) is 7. The van der Waals surface area contributed by atoms with Crippen LogP contribution >= 0.6 is 11.3 Å². The first-order valence-corrected chi connectivity index (χ1v) is 13.5. The van der Waals surface area contributed by atoms with Crippen LogP contribution in [0.1, 0.15) is 11.4 Å². The van der Waals surface area contributed by atoms with Crippen LogP contribution in [0.3, 0.4) is 0 Å². The van der Waals surface area contributed by atoms with Crippen LogP contribution in [0.25, 0.3) is 23.0 Å². The summed E-state index contributed by atoms with van der Waals surface area (Å²) in [7, 11) is 0. The number of rotatable bonds is 5. The van der Waals surface area contributed by atoms with Crippen molar-refractivity contribution < 1.29 is 9.13 Å². The molecule has 0 radical (unpaired) electrons. The topological polar surface area (TPSA) is 89.0 Å². The average molecular weight is 551 g/mol. The summed E-state index contributed by atoms with van der Waals surface area (Å²) in [5.41, 5.74) is 2.00. The molecule has 1 fully saturated rings. The van der Waals surface area contributed by atoms with Gasteiger partial charge in [0.15, 0.2) is 5.82 Å². The smallest absolute Gasteiger partial charge is 0.273 e. The number of halogens is 1. The molecule has 0 N–H and O–H groups in total. The van der Waals surface area contributed by atoms with Crippen molar-refractivity contribution in [3.8, 4) is 17.4 Å². The summed E-state index contributed by atoms with van der Waals surface area (Å²) < 4.78 is 23.2. The lowest BCUT2D eigenvalue weighted by atomic mass is 10.2. The van der Waals surface area contributed by atoms with Crippen LogP contribution in [-0.2, 0) is 4.74 Å². The van der Waals surface area contributed by atoms with Gasteiger partial charge >= 0.3 is 0 Å². The molecule has 1 aliphatic rings. The molecule has 8 nitrogen and oxygen atoms in total. The maximum atomic E-state index is 13.8. The van der Waals surface area contributed by atoms with E-state index in [1.807, 2.05) is 65.2 Å². The molecule has 6 rings (SSSR count). The van der Waals surface area contributed by atoms with Crippen LogP contribution in [0, 0.1) is 17.1 Å².